The molecule has 1 aromatic rings. The quantitative estimate of drug-likeness (QED) is 0.928. The average molecular weight is 316 g/mol. The van der Waals surface area contributed by atoms with Crippen LogP contribution in [0.25, 0.3) is 0 Å². The van der Waals surface area contributed by atoms with Crippen molar-refractivity contribution in [3.05, 3.63) is 29.8 Å². The van der Waals surface area contributed by atoms with Crippen molar-refractivity contribution in [1.29, 1.82) is 0 Å². The van der Waals surface area contributed by atoms with Gasteiger partial charge in [-0.3, -0.25) is 4.79 Å². The van der Waals surface area contributed by atoms with Crippen molar-refractivity contribution in [1.82, 2.24) is 4.90 Å². The number of carbonyl (C=O) groups excluding carboxylic acids is 1. The van der Waals surface area contributed by atoms with Gasteiger partial charge in [-0.2, -0.15) is 13.2 Å². The molecule has 0 radical (unpaired) electrons. The minimum Gasteiger partial charge on any atom is -0.484 e. The third kappa shape index (κ3) is 4.13. The van der Waals surface area contributed by atoms with Crippen LogP contribution < -0.4 is 10.5 Å². The number of likely N-dealkylation sites (tertiary alicyclic amines) is 1. The first kappa shape index (κ1) is 16.6. The number of hydrogen-bond acceptors (Lipinski definition) is 3. The monoisotopic (exact) mass is 316 g/mol. The summed E-state index contributed by atoms with van der Waals surface area (Å²) in [5.41, 5.74) is 6.07. The van der Waals surface area contributed by atoms with E-state index in [1.54, 1.807) is 4.90 Å². The molecular formula is C15H19F3N2O2. The summed E-state index contributed by atoms with van der Waals surface area (Å²) in [5.74, 6) is 0.252. The SMILES string of the molecule is CC1CC(CN)CN1C(=O)c1ccc(OCC(F)(F)F)cc1. The lowest BCUT2D eigenvalue weighted by atomic mass is 10.1. The van der Waals surface area contributed by atoms with Crippen LogP contribution in [0.5, 0.6) is 5.75 Å². The first-order valence-corrected chi connectivity index (χ1v) is 7.11. The summed E-state index contributed by atoms with van der Waals surface area (Å²) in [5, 5.41) is 0. The highest BCUT2D eigenvalue weighted by Gasteiger charge is 2.32. The summed E-state index contributed by atoms with van der Waals surface area (Å²) in [6.07, 6.45) is -3.51. The molecule has 122 valence electrons. The van der Waals surface area contributed by atoms with Crippen molar-refractivity contribution in [3.63, 3.8) is 0 Å². The molecule has 1 fully saturated rings. The van der Waals surface area contributed by atoms with Crippen molar-refractivity contribution in [3.8, 4) is 5.75 Å². The summed E-state index contributed by atoms with van der Waals surface area (Å²) in [6, 6.07) is 5.83. The Morgan fingerprint density at radius 2 is 2.00 bits per heavy atom. The van der Waals surface area contributed by atoms with E-state index in [-0.39, 0.29) is 17.7 Å². The van der Waals surface area contributed by atoms with E-state index in [1.807, 2.05) is 6.92 Å². The third-order valence-electron chi connectivity index (χ3n) is 3.76. The number of nitrogens with two attached hydrogens (primary N) is 1. The van der Waals surface area contributed by atoms with Gasteiger partial charge in [0, 0.05) is 18.2 Å². The molecule has 22 heavy (non-hydrogen) atoms. The highest BCUT2D eigenvalue weighted by molar-refractivity contribution is 5.94. The molecule has 1 saturated heterocycles. The molecular weight excluding hydrogens is 297 g/mol. The fourth-order valence-electron chi connectivity index (χ4n) is 2.62. The van der Waals surface area contributed by atoms with E-state index in [0.29, 0.717) is 24.6 Å². The Kier molecular flexibility index (Phi) is 4.95. The Morgan fingerprint density at radius 1 is 1.36 bits per heavy atom. The fraction of sp³-hybridized carbons (Fsp3) is 0.533. The predicted molar refractivity (Wildman–Crippen MR) is 75.7 cm³/mol. The largest absolute Gasteiger partial charge is 0.484 e. The second kappa shape index (κ2) is 6.56. The van der Waals surface area contributed by atoms with Gasteiger partial charge in [0.1, 0.15) is 5.75 Å². The molecule has 1 aliphatic heterocycles. The summed E-state index contributed by atoms with van der Waals surface area (Å²) in [4.78, 5) is 14.2. The molecule has 1 amide bonds. The molecule has 0 spiro atoms. The fourth-order valence-corrected chi connectivity index (χ4v) is 2.62. The average Bonchev–Trinajstić information content (AvgIpc) is 2.85. The molecule has 2 rings (SSSR count). The van der Waals surface area contributed by atoms with Crippen LogP contribution in [0.4, 0.5) is 13.2 Å². The number of rotatable bonds is 4. The number of halogens is 3. The van der Waals surface area contributed by atoms with Gasteiger partial charge in [-0.1, -0.05) is 0 Å². The lowest BCUT2D eigenvalue weighted by molar-refractivity contribution is -0.153. The van der Waals surface area contributed by atoms with Crippen LogP contribution in [0.3, 0.4) is 0 Å². The van der Waals surface area contributed by atoms with Gasteiger partial charge in [0.2, 0.25) is 0 Å². The molecule has 2 atom stereocenters. The Bertz CT molecular complexity index is 517. The van der Waals surface area contributed by atoms with Gasteiger partial charge in [0.25, 0.3) is 5.91 Å². The maximum absolute atomic E-state index is 12.4. The lowest BCUT2D eigenvalue weighted by Crippen LogP contribution is -2.34. The van der Waals surface area contributed by atoms with E-state index >= 15 is 0 Å². The highest BCUT2D eigenvalue weighted by atomic mass is 19.4. The standard InChI is InChI=1S/C15H19F3N2O2/c1-10-6-11(7-19)8-20(10)14(21)12-2-4-13(5-3-12)22-9-15(16,17)18/h2-5,10-11H,6-9,19H2,1H3. The van der Waals surface area contributed by atoms with Crippen LogP contribution in [-0.2, 0) is 0 Å². The number of hydrogen-bond donors (Lipinski definition) is 1. The summed E-state index contributed by atoms with van der Waals surface area (Å²) < 4.78 is 40.8. The number of alkyl halides is 3. The van der Waals surface area contributed by atoms with Gasteiger partial charge in [-0.15, -0.1) is 0 Å². The first-order chi connectivity index (χ1) is 10.3. The van der Waals surface area contributed by atoms with E-state index in [9.17, 15) is 18.0 Å². The minimum atomic E-state index is -4.38. The lowest BCUT2D eigenvalue weighted by Gasteiger charge is -2.21. The van der Waals surface area contributed by atoms with Gasteiger partial charge in [-0.05, 0) is 50.1 Å². The second-order valence-electron chi connectivity index (χ2n) is 5.57. The van der Waals surface area contributed by atoms with Crippen LogP contribution in [0.15, 0.2) is 24.3 Å². The van der Waals surface area contributed by atoms with Crippen molar-refractivity contribution >= 4 is 5.91 Å². The second-order valence-corrected chi connectivity index (χ2v) is 5.57. The number of ether oxygens (including phenoxy) is 1. The van der Waals surface area contributed by atoms with Crippen LogP contribution in [0, 0.1) is 5.92 Å². The van der Waals surface area contributed by atoms with E-state index in [2.05, 4.69) is 4.74 Å². The summed E-state index contributed by atoms with van der Waals surface area (Å²) in [7, 11) is 0. The molecule has 1 aromatic carbocycles. The predicted octanol–water partition coefficient (Wildman–Crippen LogP) is 2.44. The van der Waals surface area contributed by atoms with Crippen molar-refractivity contribution in [2.75, 3.05) is 19.7 Å². The van der Waals surface area contributed by atoms with Crippen LogP contribution in [0.1, 0.15) is 23.7 Å². The molecule has 1 heterocycles. The Labute approximate surface area is 127 Å². The molecule has 1 aliphatic rings. The molecule has 2 unspecified atom stereocenters. The van der Waals surface area contributed by atoms with E-state index in [0.717, 1.165) is 6.42 Å². The van der Waals surface area contributed by atoms with E-state index in [1.165, 1.54) is 24.3 Å². The maximum Gasteiger partial charge on any atom is 0.422 e. The topological polar surface area (TPSA) is 55.6 Å². The number of amides is 1. The van der Waals surface area contributed by atoms with E-state index in [4.69, 9.17) is 5.73 Å². The van der Waals surface area contributed by atoms with Crippen molar-refractivity contribution in [2.45, 2.75) is 25.6 Å². The van der Waals surface area contributed by atoms with Gasteiger partial charge in [0.15, 0.2) is 6.61 Å². The smallest absolute Gasteiger partial charge is 0.422 e. The minimum absolute atomic E-state index is 0.0863. The van der Waals surface area contributed by atoms with Crippen molar-refractivity contribution in [2.24, 2.45) is 11.7 Å². The Morgan fingerprint density at radius 3 is 2.50 bits per heavy atom. The van der Waals surface area contributed by atoms with Gasteiger partial charge < -0.3 is 15.4 Å². The number of benzene rings is 1. The highest BCUT2D eigenvalue weighted by Crippen LogP contribution is 2.25. The normalized spacial score (nSPS) is 22.0. The Hall–Kier alpha value is -1.76. The summed E-state index contributed by atoms with van der Waals surface area (Å²) in [6.45, 7) is 1.77. The summed E-state index contributed by atoms with van der Waals surface area (Å²) >= 11 is 0. The van der Waals surface area contributed by atoms with Crippen LogP contribution >= 0.6 is 0 Å². The van der Waals surface area contributed by atoms with Gasteiger partial charge >= 0.3 is 6.18 Å². The zero-order valence-electron chi connectivity index (χ0n) is 12.3. The van der Waals surface area contributed by atoms with E-state index < -0.39 is 12.8 Å². The van der Waals surface area contributed by atoms with Crippen molar-refractivity contribution < 1.29 is 22.7 Å². The molecule has 0 bridgehead atoms. The van der Waals surface area contributed by atoms with Gasteiger partial charge in [0.05, 0.1) is 0 Å². The molecule has 0 aliphatic carbocycles. The zero-order valence-corrected chi connectivity index (χ0v) is 12.3. The third-order valence-corrected chi connectivity index (χ3v) is 3.76. The molecule has 4 nitrogen and oxygen atoms in total. The van der Waals surface area contributed by atoms with Gasteiger partial charge in [-0.25, -0.2) is 0 Å². The van der Waals surface area contributed by atoms with Crippen LogP contribution in [-0.4, -0.2) is 42.7 Å². The molecule has 0 aromatic heterocycles. The number of nitrogens with zero attached hydrogens (tertiary/aromatic N) is 1. The van der Waals surface area contributed by atoms with Crippen LogP contribution in [0.2, 0.25) is 0 Å². The Balaban J connectivity index is 1.99. The number of carbonyl (C=O) groups is 1. The first-order valence-electron chi connectivity index (χ1n) is 7.11. The zero-order chi connectivity index (χ0) is 16.3. The molecule has 7 heteroatoms. The maximum atomic E-state index is 12.4. The molecule has 0 saturated carbocycles. The molecule has 2 N–H and O–H groups in total.